The Morgan fingerprint density at radius 3 is 2.17 bits per heavy atom. The van der Waals surface area contributed by atoms with Gasteiger partial charge >= 0.3 is 0 Å². The second-order valence-electron chi connectivity index (χ2n) is 7.43. The number of nitrogens with zero attached hydrogens (tertiary/aromatic N) is 1. The van der Waals surface area contributed by atoms with Crippen LogP contribution in [-0.4, -0.2) is 39.5 Å². The number of sulfonamides is 1. The molecule has 0 aliphatic carbocycles. The van der Waals surface area contributed by atoms with Crippen molar-refractivity contribution >= 4 is 22.4 Å². The Kier molecular flexibility index (Phi) is 8.20. The number of rotatable bonds is 6. The molecule has 0 amide bonds. The molecule has 1 N–H and O–H groups in total. The second kappa shape index (κ2) is 9.18. The van der Waals surface area contributed by atoms with E-state index < -0.39 is 10.0 Å². The molecular weight excluding hydrogens is 344 g/mol. The van der Waals surface area contributed by atoms with E-state index in [1.165, 1.54) is 19.3 Å². The quantitative estimate of drug-likeness (QED) is 0.774. The molecule has 0 bridgehead atoms. The first-order valence-corrected chi connectivity index (χ1v) is 10.1. The van der Waals surface area contributed by atoms with Gasteiger partial charge in [-0.05, 0) is 62.0 Å². The van der Waals surface area contributed by atoms with Crippen LogP contribution in [0.3, 0.4) is 0 Å². The Morgan fingerprint density at radius 2 is 1.62 bits per heavy atom. The number of halogens is 1. The number of piperidine rings is 1. The Bertz CT molecular complexity index is 588. The van der Waals surface area contributed by atoms with Crippen LogP contribution in [-0.2, 0) is 15.4 Å². The largest absolute Gasteiger partial charge is 0.303 e. The van der Waals surface area contributed by atoms with Gasteiger partial charge in [0.15, 0.2) is 0 Å². The molecule has 1 fully saturated rings. The molecule has 0 unspecified atom stereocenters. The van der Waals surface area contributed by atoms with Gasteiger partial charge in [0.1, 0.15) is 0 Å². The Hall–Kier alpha value is -0.620. The lowest BCUT2D eigenvalue weighted by Crippen LogP contribution is -2.33. The molecule has 1 saturated heterocycles. The second-order valence-corrected chi connectivity index (χ2v) is 9.19. The fourth-order valence-electron chi connectivity index (χ4n) is 2.91. The topological polar surface area (TPSA) is 49.4 Å². The molecule has 0 aromatic heterocycles. The van der Waals surface area contributed by atoms with Crippen molar-refractivity contribution in [3.05, 3.63) is 29.8 Å². The van der Waals surface area contributed by atoms with Gasteiger partial charge in [0.25, 0.3) is 0 Å². The van der Waals surface area contributed by atoms with Gasteiger partial charge in [-0.3, -0.25) is 0 Å². The number of hydrogen-bond donors (Lipinski definition) is 1. The first-order valence-electron chi connectivity index (χ1n) is 8.62. The predicted molar refractivity (Wildman–Crippen MR) is 102 cm³/mol. The number of nitrogens with one attached hydrogen (secondary N) is 1. The summed E-state index contributed by atoms with van der Waals surface area (Å²) in [4.78, 5) is 2.78. The van der Waals surface area contributed by atoms with Gasteiger partial charge in [0.05, 0.1) is 4.90 Å². The molecule has 1 aromatic carbocycles. The van der Waals surface area contributed by atoms with Gasteiger partial charge in [0.2, 0.25) is 10.0 Å². The lowest BCUT2D eigenvalue weighted by atomic mass is 9.87. The van der Waals surface area contributed by atoms with Crippen molar-refractivity contribution in [2.24, 2.45) is 0 Å². The highest BCUT2D eigenvalue weighted by Crippen LogP contribution is 2.23. The highest BCUT2D eigenvalue weighted by molar-refractivity contribution is 7.89. The van der Waals surface area contributed by atoms with Crippen molar-refractivity contribution < 1.29 is 8.42 Å². The molecule has 0 atom stereocenters. The van der Waals surface area contributed by atoms with E-state index in [2.05, 4.69) is 30.4 Å². The maximum absolute atomic E-state index is 12.3. The lowest BCUT2D eigenvalue weighted by Gasteiger charge is -2.26. The van der Waals surface area contributed by atoms with Crippen molar-refractivity contribution in [2.45, 2.75) is 56.8 Å². The zero-order valence-corrected chi connectivity index (χ0v) is 16.7. The zero-order chi connectivity index (χ0) is 16.9. The molecule has 1 aliphatic heterocycles. The minimum Gasteiger partial charge on any atom is -0.303 e. The van der Waals surface area contributed by atoms with Crippen molar-refractivity contribution in [3.8, 4) is 0 Å². The average Bonchev–Trinajstić information content (AvgIpc) is 2.52. The molecule has 138 valence electrons. The molecule has 24 heavy (non-hydrogen) atoms. The first kappa shape index (κ1) is 21.4. The summed E-state index contributed by atoms with van der Waals surface area (Å²) >= 11 is 0. The van der Waals surface area contributed by atoms with E-state index in [0.717, 1.165) is 31.6 Å². The lowest BCUT2D eigenvalue weighted by molar-refractivity contribution is 0.227. The van der Waals surface area contributed by atoms with Crippen LogP contribution in [0.2, 0.25) is 0 Å². The molecular formula is C18H31ClN2O2S. The summed E-state index contributed by atoms with van der Waals surface area (Å²) in [5, 5.41) is 0. The van der Waals surface area contributed by atoms with Crippen molar-refractivity contribution in [3.63, 3.8) is 0 Å². The molecule has 0 spiro atoms. The van der Waals surface area contributed by atoms with E-state index in [1.54, 1.807) is 12.1 Å². The van der Waals surface area contributed by atoms with E-state index in [0.29, 0.717) is 11.4 Å². The van der Waals surface area contributed by atoms with Gasteiger partial charge < -0.3 is 4.90 Å². The monoisotopic (exact) mass is 374 g/mol. The highest BCUT2D eigenvalue weighted by Gasteiger charge is 2.17. The zero-order valence-electron chi connectivity index (χ0n) is 15.0. The number of likely N-dealkylation sites (tertiary alicyclic amines) is 1. The molecule has 1 aliphatic rings. The SMILES string of the molecule is CC(C)(C)c1ccc(S(=O)(=O)NCCCN2CCCCC2)cc1.Cl. The van der Waals surface area contributed by atoms with Crippen LogP contribution in [0.4, 0.5) is 0 Å². The van der Waals surface area contributed by atoms with Crippen LogP contribution in [0.25, 0.3) is 0 Å². The summed E-state index contributed by atoms with van der Waals surface area (Å²) in [7, 11) is -3.39. The van der Waals surface area contributed by atoms with Crippen LogP contribution >= 0.6 is 12.4 Å². The standard InChI is InChI=1S/C18H30N2O2S.ClH/c1-18(2,3)16-8-10-17(11-9-16)23(21,22)19-12-7-15-20-13-5-4-6-14-20;/h8-11,19H,4-7,12-15H2,1-3H3;1H. The van der Waals surface area contributed by atoms with Gasteiger partial charge in [-0.25, -0.2) is 13.1 Å². The van der Waals surface area contributed by atoms with Crippen LogP contribution in [0, 0.1) is 0 Å². The fraction of sp³-hybridized carbons (Fsp3) is 0.667. The first-order chi connectivity index (χ1) is 10.8. The normalized spacial score (nSPS) is 16.6. The molecule has 1 heterocycles. The molecule has 2 rings (SSSR count). The van der Waals surface area contributed by atoms with Crippen molar-refractivity contribution in [1.82, 2.24) is 9.62 Å². The van der Waals surface area contributed by atoms with Gasteiger partial charge in [0, 0.05) is 6.54 Å². The van der Waals surface area contributed by atoms with E-state index in [-0.39, 0.29) is 17.8 Å². The van der Waals surface area contributed by atoms with Crippen molar-refractivity contribution in [2.75, 3.05) is 26.2 Å². The maximum Gasteiger partial charge on any atom is 0.240 e. The van der Waals surface area contributed by atoms with E-state index in [9.17, 15) is 8.42 Å². The smallest absolute Gasteiger partial charge is 0.240 e. The summed E-state index contributed by atoms with van der Waals surface area (Å²) in [6.45, 7) is 10.1. The summed E-state index contributed by atoms with van der Waals surface area (Å²) in [5.74, 6) is 0. The average molecular weight is 375 g/mol. The summed E-state index contributed by atoms with van der Waals surface area (Å²) in [6, 6.07) is 7.21. The van der Waals surface area contributed by atoms with Gasteiger partial charge in [-0.2, -0.15) is 0 Å². The summed E-state index contributed by atoms with van der Waals surface area (Å²) < 4.78 is 27.4. The van der Waals surface area contributed by atoms with Crippen LogP contribution in [0.15, 0.2) is 29.2 Å². The third-order valence-electron chi connectivity index (χ3n) is 4.42. The Labute approximate surface area is 153 Å². The minimum atomic E-state index is -3.39. The predicted octanol–water partition coefficient (Wildman–Crippen LogP) is 3.56. The third-order valence-corrected chi connectivity index (χ3v) is 5.90. The Balaban J connectivity index is 0.00000288. The van der Waals surface area contributed by atoms with E-state index in [1.807, 2.05) is 12.1 Å². The van der Waals surface area contributed by atoms with Crippen LogP contribution < -0.4 is 4.72 Å². The number of benzene rings is 1. The molecule has 0 saturated carbocycles. The van der Waals surface area contributed by atoms with Gasteiger partial charge in [-0.1, -0.05) is 39.3 Å². The minimum absolute atomic E-state index is 0. The Morgan fingerprint density at radius 1 is 1.04 bits per heavy atom. The third kappa shape index (κ3) is 6.36. The molecule has 4 nitrogen and oxygen atoms in total. The fourth-order valence-corrected chi connectivity index (χ4v) is 3.98. The molecule has 6 heteroatoms. The van der Waals surface area contributed by atoms with E-state index >= 15 is 0 Å². The molecule has 1 aromatic rings. The van der Waals surface area contributed by atoms with Gasteiger partial charge in [-0.15, -0.1) is 12.4 Å². The molecule has 0 radical (unpaired) electrons. The summed E-state index contributed by atoms with van der Waals surface area (Å²) in [6.07, 6.45) is 4.73. The maximum atomic E-state index is 12.3. The van der Waals surface area contributed by atoms with Crippen LogP contribution in [0.1, 0.15) is 52.0 Å². The highest BCUT2D eigenvalue weighted by atomic mass is 35.5. The van der Waals surface area contributed by atoms with Crippen molar-refractivity contribution in [1.29, 1.82) is 0 Å². The summed E-state index contributed by atoms with van der Waals surface area (Å²) in [5.41, 5.74) is 1.17. The van der Waals surface area contributed by atoms with E-state index in [4.69, 9.17) is 0 Å². The van der Waals surface area contributed by atoms with Crippen LogP contribution in [0.5, 0.6) is 0 Å². The number of hydrogen-bond acceptors (Lipinski definition) is 3.